The van der Waals surface area contributed by atoms with Crippen LogP contribution in [-0.4, -0.2) is 4.98 Å². The molecule has 1 heterocycles. The van der Waals surface area contributed by atoms with Gasteiger partial charge in [0.2, 0.25) is 0 Å². The summed E-state index contributed by atoms with van der Waals surface area (Å²) in [5.74, 6) is 0. The molecule has 0 spiro atoms. The van der Waals surface area contributed by atoms with Gasteiger partial charge in [0.15, 0.2) is 0 Å². The van der Waals surface area contributed by atoms with Crippen LogP contribution in [-0.2, 0) is 6.42 Å². The molecule has 17 heavy (non-hydrogen) atoms. The first kappa shape index (κ1) is 10.3. The molecule has 84 valence electrons. The average molecular weight is 221 g/mol. The van der Waals surface area contributed by atoms with E-state index in [-0.39, 0.29) is 0 Å². The third-order valence-electron chi connectivity index (χ3n) is 3.24. The van der Waals surface area contributed by atoms with Crippen LogP contribution in [0.4, 0.5) is 0 Å². The Bertz CT molecular complexity index is 698. The maximum absolute atomic E-state index is 4.73. The summed E-state index contributed by atoms with van der Waals surface area (Å²) < 4.78 is 0. The first-order valence-corrected chi connectivity index (χ1v) is 6.06. The van der Waals surface area contributed by atoms with Gasteiger partial charge in [0.25, 0.3) is 0 Å². The standard InChI is InChI=1S/C16H15N/c1-3-12-5-6-13-10-14-8-11(2)4-7-15(14)17-16(13)9-12/h4-10H,3H2,1-2H3. The van der Waals surface area contributed by atoms with Gasteiger partial charge in [-0.3, -0.25) is 0 Å². The quantitative estimate of drug-likeness (QED) is 0.559. The summed E-state index contributed by atoms with van der Waals surface area (Å²) in [5, 5.41) is 2.45. The van der Waals surface area contributed by atoms with Gasteiger partial charge in [0.1, 0.15) is 0 Å². The summed E-state index contributed by atoms with van der Waals surface area (Å²) in [6, 6.07) is 15.2. The van der Waals surface area contributed by atoms with Crippen molar-refractivity contribution in [2.45, 2.75) is 20.3 Å². The zero-order valence-electron chi connectivity index (χ0n) is 10.2. The van der Waals surface area contributed by atoms with E-state index >= 15 is 0 Å². The summed E-state index contributed by atoms with van der Waals surface area (Å²) in [6.07, 6.45) is 1.06. The molecule has 3 aromatic rings. The maximum Gasteiger partial charge on any atom is 0.0712 e. The van der Waals surface area contributed by atoms with E-state index in [1.54, 1.807) is 0 Å². The SMILES string of the molecule is CCc1ccc2cc3cc(C)ccc3nc2c1. The molecule has 0 N–H and O–H groups in total. The van der Waals surface area contributed by atoms with Crippen molar-refractivity contribution in [2.75, 3.05) is 0 Å². The molecule has 0 aliphatic heterocycles. The van der Waals surface area contributed by atoms with Gasteiger partial charge in [-0.15, -0.1) is 0 Å². The Labute approximate surface area is 101 Å². The molecule has 0 aliphatic rings. The fourth-order valence-corrected chi connectivity index (χ4v) is 2.22. The van der Waals surface area contributed by atoms with Crippen molar-refractivity contribution in [3.63, 3.8) is 0 Å². The molecule has 0 saturated carbocycles. The summed E-state index contributed by atoms with van der Waals surface area (Å²) in [4.78, 5) is 4.73. The van der Waals surface area contributed by atoms with E-state index in [1.807, 2.05) is 0 Å². The van der Waals surface area contributed by atoms with Gasteiger partial charge in [-0.1, -0.05) is 30.7 Å². The molecule has 0 unspecified atom stereocenters. The second-order valence-corrected chi connectivity index (χ2v) is 4.57. The van der Waals surface area contributed by atoms with Gasteiger partial charge in [-0.2, -0.15) is 0 Å². The Balaban J connectivity index is 2.35. The highest BCUT2D eigenvalue weighted by atomic mass is 14.7. The lowest BCUT2D eigenvalue weighted by Gasteiger charge is -2.04. The molecule has 0 radical (unpaired) electrons. The molecule has 0 fully saturated rings. The number of hydrogen-bond acceptors (Lipinski definition) is 1. The van der Waals surface area contributed by atoms with E-state index in [9.17, 15) is 0 Å². The predicted octanol–water partition coefficient (Wildman–Crippen LogP) is 4.26. The van der Waals surface area contributed by atoms with Crippen LogP contribution in [0.2, 0.25) is 0 Å². The van der Waals surface area contributed by atoms with Gasteiger partial charge < -0.3 is 0 Å². The second-order valence-electron chi connectivity index (χ2n) is 4.57. The summed E-state index contributed by atoms with van der Waals surface area (Å²) in [7, 11) is 0. The Morgan fingerprint density at radius 2 is 1.76 bits per heavy atom. The molecule has 1 aromatic heterocycles. The minimum atomic E-state index is 1.06. The molecule has 0 amide bonds. The van der Waals surface area contributed by atoms with E-state index in [0.717, 1.165) is 17.5 Å². The minimum absolute atomic E-state index is 1.06. The topological polar surface area (TPSA) is 12.9 Å². The monoisotopic (exact) mass is 221 g/mol. The van der Waals surface area contributed by atoms with Gasteiger partial charge in [0.05, 0.1) is 11.0 Å². The maximum atomic E-state index is 4.73. The second kappa shape index (κ2) is 3.85. The summed E-state index contributed by atoms with van der Waals surface area (Å²) >= 11 is 0. The van der Waals surface area contributed by atoms with E-state index in [1.165, 1.54) is 21.9 Å². The molecule has 3 rings (SSSR count). The minimum Gasteiger partial charge on any atom is -0.248 e. The van der Waals surface area contributed by atoms with Crippen LogP contribution in [0.1, 0.15) is 18.1 Å². The lowest BCUT2D eigenvalue weighted by Crippen LogP contribution is -1.86. The first-order valence-electron chi connectivity index (χ1n) is 6.06. The average Bonchev–Trinajstić information content (AvgIpc) is 2.35. The van der Waals surface area contributed by atoms with Crippen LogP contribution < -0.4 is 0 Å². The lowest BCUT2D eigenvalue weighted by atomic mass is 10.1. The molecule has 0 atom stereocenters. The molecule has 0 aliphatic carbocycles. The smallest absolute Gasteiger partial charge is 0.0712 e. The Morgan fingerprint density at radius 3 is 2.59 bits per heavy atom. The van der Waals surface area contributed by atoms with Crippen LogP contribution in [0.5, 0.6) is 0 Å². The highest BCUT2D eigenvalue weighted by Gasteiger charge is 2.00. The van der Waals surface area contributed by atoms with Gasteiger partial charge in [0, 0.05) is 10.8 Å². The Morgan fingerprint density at radius 1 is 0.882 bits per heavy atom. The summed E-state index contributed by atoms with van der Waals surface area (Å²) in [6.45, 7) is 4.29. The van der Waals surface area contributed by atoms with Crippen LogP contribution in [0, 0.1) is 6.92 Å². The first-order chi connectivity index (χ1) is 8.26. The van der Waals surface area contributed by atoms with E-state index < -0.39 is 0 Å². The number of rotatable bonds is 1. The van der Waals surface area contributed by atoms with Crippen LogP contribution in [0.3, 0.4) is 0 Å². The normalized spacial score (nSPS) is 11.2. The molecular weight excluding hydrogens is 206 g/mol. The lowest BCUT2D eigenvalue weighted by molar-refractivity contribution is 1.14. The van der Waals surface area contributed by atoms with Crippen molar-refractivity contribution < 1.29 is 0 Å². The van der Waals surface area contributed by atoms with Crippen molar-refractivity contribution in [3.05, 3.63) is 53.6 Å². The molecule has 1 heteroatoms. The van der Waals surface area contributed by atoms with Gasteiger partial charge >= 0.3 is 0 Å². The molecular formula is C16H15N. The van der Waals surface area contributed by atoms with Gasteiger partial charge in [-0.05, 0) is 43.2 Å². The third kappa shape index (κ3) is 1.78. The number of aromatic nitrogens is 1. The fraction of sp³-hybridized carbons (Fsp3) is 0.188. The van der Waals surface area contributed by atoms with Crippen molar-refractivity contribution in [1.82, 2.24) is 4.98 Å². The van der Waals surface area contributed by atoms with Crippen LogP contribution in [0.25, 0.3) is 21.8 Å². The highest BCUT2D eigenvalue weighted by Crippen LogP contribution is 2.21. The largest absolute Gasteiger partial charge is 0.248 e. The van der Waals surface area contributed by atoms with E-state index in [4.69, 9.17) is 4.98 Å². The Kier molecular flexibility index (Phi) is 2.32. The molecule has 0 bridgehead atoms. The van der Waals surface area contributed by atoms with Crippen molar-refractivity contribution in [3.8, 4) is 0 Å². The van der Waals surface area contributed by atoms with Gasteiger partial charge in [-0.25, -0.2) is 4.98 Å². The third-order valence-corrected chi connectivity index (χ3v) is 3.24. The zero-order chi connectivity index (χ0) is 11.8. The number of hydrogen-bond donors (Lipinski definition) is 0. The van der Waals surface area contributed by atoms with Crippen LogP contribution >= 0.6 is 0 Å². The van der Waals surface area contributed by atoms with Crippen LogP contribution in [0.15, 0.2) is 42.5 Å². The molecule has 0 saturated heterocycles. The zero-order valence-corrected chi connectivity index (χ0v) is 10.2. The van der Waals surface area contributed by atoms with Crippen molar-refractivity contribution in [2.24, 2.45) is 0 Å². The van der Waals surface area contributed by atoms with Crippen molar-refractivity contribution >= 4 is 21.8 Å². The highest BCUT2D eigenvalue weighted by molar-refractivity contribution is 5.93. The predicted molar refractivity (Wildman–Crippen MR) is 73.4 cm³/mol. The number of nitrogens with zero attached hydrogens (tertiary/aromatic N) is 1. The number of aryl methyl sites for hydroxylation is 2. The fourth-order valence-electron chi connectivity index (χ4n) is 2.22. The number of fused-ring (bicyclic) bond motifs is 2. The summed E-state index contributed by atoms with van der Waals surface area (Å²) in [5.41, 5.74) is 4.80. The van der Waals surface area contributed by atoms with E-state index in [2.05, 4.69) is 56.3 Å². The molecule has 2 aromatic carbocycles. The van der Waals surface area contributed by atoms with Crippen molar-refractivity contribution in [1.29, 1.82) is 0 Å². The number of benzene rings is 2. The number of pyridine rings is 1. The van der Waals surface area contributed by atoms with E-state index in [0.29, 0.717) is 0 Å². The Hall–Kier alpha value is -1.89. The molecule has 1 nitrogen and oxygen atoms in total.